The minimum atomic E-state index is -2.76. The number of amides is 1. The van der Waals surface area contributed by atoms with Gasteiger partial charge in [-0.25, -0.2) is 14.1 Å². The summed E-state index contributed by atoms with van der Waals surface area (Å²) in [6.45, 7) is 12.2. The molecule has 2 aromatic heterocycles. The van der Waals surface area contributed by atoms with Gasteiger partial charge < -0.3 is 9.29 Å². The molecule has 8 nitrogen and oxygen atoms in total. The van der Waals surface area contributed by atoms with Crippen molar-refractivity contribution in [2.24, 2.45) is 0 Å². The number of carbonyl (C=O) groups excluding carboxylic acids is 1. The van der Waals surface area contributed by atoms with Crippen LogP contribution in [0.5, 0.6) is 5.75 Å². The van der Waals surface area contributed by atoms with Crippen LogP contribution in [0.4, 0.5) is 4.79 Å². The maximum absolute atomic E-state index is 12.5. The molecule has 0 radical (unpaired) electrons. The minimum Gasteiger partial charge on any atom is -0.755 e. The molecular weight excluding hydrogens is 488 g/mol. The SMILES string of the molecule is Cc1ccc(OC(=O)N(CCc2ccc(-n3c(C(C)(C)C)nc4c(C)nc(C)cc43)cc2)S(=O)[O-])cc1. The first-order chi connectivity index (χ1) is 17.4. The predicted molar refractivity (Wildman–Crippen MR) is 144 cm³/mol. The van der Waals surface area contributed by atoms with Gasteiger partial charge in [0.25, 0.3) is 0 Å². The lowest BCUT2D eigenvalue weighted by Crippen LogP contribution is -2.36. The number of pyridine rings is 1. The fourth-order valence-corrected chi connectivity index (χ4v) is 4.57. The summed E-state index contributed by atoms with van der Waals surface area (Å²) in [5.41, 5.74) is 6.32. The van der Waals surface area contributed by atoms with E-state index >= 15 is 0 Å². The number of hydrogen-bond donors (Lipinski definition) is 0. The van der Waals surface area contributed by atoms with Crippen LogP contribution in [0.15, 0.2) is 54.6 Å². The number of rotatable bonds is 6. The first kappa shape index (κ1) is 26.5. The zero-order valence-electron chi connectivity index (χ0n) is 21.9. The largest absolute Gasteiger partial charge is 0.755 e. The van der Waals surface area contributed by atoms with Crippen molar-refractivity contribution < 1.29 is 18.3 Å². The van der Waals surface area contributed by atoms with E-state index in [1.54, 1.807) is 24.3 Å². The Bertz CT molecular complexity index is 1460. The highest BCUT2D eigenvalue weighted by Gasteiger charge is 2.25. The third-order valence-electron chi connectivity index (χ3n) is 6.02. The molecule has 0 bridgehead atoms. The lowest BCUT2D eigenvalue weighted by molar-refractivity contribution is 0.178. The van der Waals surface area contributed by atoms with E-state index in [0.29, 0.717) is 16.5 Å². The Balaban J connectivity index is 1.56. The number of fused-ring (bicyclic) bond motifs is 1. The summed E-state index contributed by atoms with van der Waals surface area (Å²) < 4.78 is 31.5. The second-order valence-electron chi connectivity index (χ2n) is 10.2. The Morgan fingerprint density at radius 2 is 1.68 bits per heavy atom. The number of aromatic nitrogens is 3. The van der Waals surface area contributed by atoms with Gasteiger partial charge in [0.05, 0.1) is 22.5 Å². The summed E-state index contributed by atoms with van der Waals surface area (Å²) in [5.74, 6) is 1.22. The lowest BCUT2D eigenvalue weighted by atomic mass is 9.95. The van der Waals surface area contributed by atoms with Crippen molar-refractivity contribution in [3.63, 3.8) is 0 Å². The average Bonchev–Trinajstić information content (AvgIpc) is 3.21. The first-order valence-electron chi connectivity index (χ1n) is 12.1. The standard InChI is InChI=1S/C28H32N4O4S/c1-18-7-13-23(14-8-18)36-27(33)31(37(34)35)16-15-21-9-11-22(12-10-21)32-24-17-19(2)29-20(3)25(24)30-26(32)28(4,5)6/h7-14,17H,15-16H2,1-6H3,(H,34,35)/p-1. The smallest absolute Gasteiger partial charge is 0.426 e. The van der Waals surface area contributed by atoms with E-state index in [1.807, 2.05) is 51.1 Å². The molecule has 0 aliphatic rings. The van der Waals surface area contributed by atoms with E-state index < -0.39 is 17.4 Å². The topological polar surface area (TPSA) is 100 Å². The van der Waals surface area contributed by atoms with E-state index in [0.717, 1.165) is 45.1 Å². The fourth-order valence-electron chi connectivity index (χ4n) is 4.17. The molecular formula is C28H31N4O4S-. The van der Waals surface area contributed by atoms with Gasteiger partial charge in [0, 0.05) is 23.3 Å². The summed E-state index contributed by atoms with van der Waals surface area (Å²) in [6, 6.07) is 16.7. The van der Waals surface area contributed by atoms with Gasteiger partial charge in [0.2, 0.25) is 0 Å². The zero-order chi connectivity index (χ0) is 26.9. The molecule has 0 saturated heterocycles. The monoisotopic (exact) mass is 519 g/mol. The van der Waals surface area contributed by atoms with Crippen LogP contribution in [-0.2, 0) is 23.1 Å². The van der Waals surface area contributed by atoms with Crippen molar-refractivity contribution in [3.05, 3.63) is 82.9 Å². The van der Waals surface area contributed by atoms with Gasteiger partial charge >= 0.3 is 6.09 Å². The summed E-state index contributed by atoms with van der Waals surface area (Å²) in [4.78, 5) is 22.0. The molecule has 0 saturated carbocycles. The van der Waals surface area contributed by atoms with Gasteiger partial charge in [-0.15, -0.1) is 0 Å². The van der Waals surface area contributed by atoms with Gasteiger partial charge in [0.15, 0.2) is 0 Å². The molecule has 194 valence electrons. The second kappa shape index (κ2) is 10.4. The van der Waals surface area contributed by atoms with Crippen molar-refractivity contribution in [2.75, 3.05) is 6.54 Å². The molecule has 0 fully saturated rings. The van der Waals surface area contributed by atoms with E-state index in [1.165, 1.54) is 0 Å². The van der Waals surface area contributed by atoms with Crippen LogP contribution in [0.1, 0.15) is 49.1 Å². The normalized spacial score (nSPS) is 12.5. The van der Waals surface area contributed by atoms with Crippen molar-refractivity contribution in [2.45, 2.75) is 53.4 Å². The van der Waals surface area contributed by atoms with Gasteiger partial charge in [-0.1, -0.05) is 50.6 Å². The van der Waals surface area contributed by atoms with E-state index in [-0.39, 0.29) is 12.0 Å². The van der Waals surface area contributed by atoms with E-state index in [4.69, 9.17) is 9.72 Å². The third kappa shape index (κ3) is 5.89. The second-order valence-corrected chi connectivity index (χ2v) is 11.0. The highest BCUT2D eigenvalue weighted by Crippen LogP contribution is 2.31. The zero-order valence-corrected chi connectivity index (χ0v) is 22.8. The molecule has 0 aliphatic carbocycles. The van der Waals surface area contributed by atoms with Crippen LogP contribution in [0.2, 0.25) is 0 Å². The van der Waals surface area contributed by atoms with Gasteiger partial charge in [-0.2, -0.15) is 0 Å². The molecule has 4 rings (SSSR count). The van der Waals surface area contributed by atoms with Crippen LogP contribution >= 0.6 is 0 Å². The van der Waals surface area contributed by atoms with Gasteiger partial charge in [-0.05, 0) is 63.1 Å². The van der Waals surface area contributed by atoms with Crippen molar-refractivity contribution in [3.8, 4) is 11.4 Å². The fraction of sp³-hybridized carbons (Fsp3) is 0.321. The highest BCUT2D eigenvalue weighted by molar-refractivity contribution is 7.77. The summed E-state index contributed by atoms with van der Waals surface area (Å²) >= 11 is -2.76. The van der Waals surface area contributed by atoms with E-state index in [2.05, 4.69) is 30.3 Å². The number of aryl methyl sites for hydroxylation is 3. The van der Waals surface area contributed by atoms with Crippen LogP contribution in [0.25, 0.3) is 16.7 Å². The summed E-state index contributed by atoms with van der Waals surface area (Å²) in [7, 11) is 0. The quantitative estimate of drug-likeness (QED) is 0.313. The number of hydrogen-bond acceptors (Lipinski definition) is 6. The molecule has 0 N–H and O–H groups in total. The Labute approximate surface area is 219 Å². The molecule has 37 heavy (non-hydrogen) atoms. The number of benzene rings is 2. The van der Waals surface area contributed by atoms with Crippen molar-refractivity contribution in [1.82, 2.24) is 18.8 Å². The Kier molecular flexibility index (Phi) is 7.47. The molecule has 0 spiro atoms. The van der Waals surface area contributed by atoms with Gasteiger partial charge in [-0.3, -0.25) is 13.8 Å². The molecule has 2 heterocycles. The number of nitrogens with zero attached hydrogens (tertiary/aromatic N) is 4. The molecule has 4 aromatic rings. The van der Waals surface area contributed by atoms with Gasteiger partial charge in [0.1, 0.15) is 17.1 Å². The average molecular weight is 520 g/mol. The Hall–Kier alpha value is -3.56. The predicted octanol–water partition coefficient (Wildman–Crippen LogP) is 5.48. The first-order valence-corrected chi connectivity index (χ1v) is 13.1. The number of ether oxygens (including phenoxy) is 1. The summed E-state index contributed by atoms with van der Waals surface area (Å²) in [5, 5.41) is 0. The molecule has 9 heteroatoms. The summed E-state index contributed by atoms with van der Waals surface area (Å²) in [6.07, 6.45) is -0.594. The van der Waals surface area contributed by atoms with Crippen LogP contribution in [0.3, 0.4) is 0 Å². The maximum Gasteiger partial charge on any atom is 0.426 e. The lowest BCUT2D eigenvalue weighted by Gasteiger charge is -2.23. The Morgan fingerprint density at radius 1 is 1.03 bits per heavy atom. The molecule has 0 aliphatic heterocycles. The number of carbonyl (C=O) groups is 1. The van der Waals surface area contributed by atoms with Crippen molar-refractivity contribution in [1.29, 1.82) is 0 Å². The maximum atomic E-state index is 12.5. The molecule has 1 amide bonds. The van der Waals surface area contributed by atoms with Crippen molar-refractivity contribution >= 4 is 28.4 Å². The van der Waals surface area contributed by atoms with E-state index in [9.17, 15) is 13.6 Å². The molecule has 1 atom stereocenters. The van der Waals surface area contributed by atoms with Crippen LogP contribution < -0.4 is 4.74 Å². The highest BCUT2D eigenvalue weighted by atomic mass is 32.2. The molecule has 1 unspecified atom stereocenters. The van der Waals surface area contributed by atoms with Crippen LogP contribution in [0, 0.1) is 20.8 Å². The number of imidazole rings is 1. The molecule has 2 aromatic carbocycles. The van der Waals surface area contributed by atoms with Crippen LogP contribution in [-0.4, -0.2) is 40.2 Å². The minimum absolute atomic E-state index is 0.0363. The third-order valence-corrected chi connectivity index (χ3v) is 6.72. The Morgan fingerprint density at radius 3 is 2.27 bits per heavy atom.